The lowest BCUT2D eigenvalue weighted by Gasteiger charge is -2.23. The lowest BCUT2D eigenvalue weighted by Crippen LogP contribution is -2.24. The van der Waals surface area contributed by atoms with Crippen LogP contribution in [0.5, 0.6) is 0 Å². The molecule has 1 atom stereocenters. The van der Waals surface area contributed by atoms with Crippen LogP contribution in [0.3, 0.4) is 0 Å². The van der Waals surface area contributed by atoms with Crippen LogP contribution in [-0.4, -0.2) is 0 Å². The maximum absolute atomic E-state index is 2.30. The maximum Gasteiger partial charge on any atom is -0.0119 e. The highest BCUT2D eigenvalue weighted by molar-refractivity contribution is 7.80. The van der Waals surface area contributed by atoms with Crippen molar-refractivity contribution in [2.24, 2.45) is 0 Å². The molecule has 0 heterocycles. The van der Waals surface area contributed by atoms with E-state index in [-0.39, 0.29) is 0 Å². The Balaban J connectivity index is 2.25. The lowest BCUT2D eigenvalue weighted by molar-refractivity contribution is 1.37. The molecule has 0 aliphatic carbocycles. The number of hydrogen-bond donors (Lipinski definition) is 0. The summed E-state index contributed by atoms with van der Waals surface area (Å²) < 4.78 is 0. The maximum atomic E-state index is 2.30. The van der Waals surface area contributed by atoms with E-state index in [2.05, 4.69) is 93.6 Å². The van der Waals surface area contributed by atoms with Gasteiger partial charge in [-0.15, -0.1) is 0 Å². The summed E-state index contributed by atoms with van der Waals surface area (Å²) in [4.78, 5) is 0. The van der Waals surface area contributed by atoms with Crippen LogP contribution < -0.4 is 15.9 Å². The smallest absolute Gasteiger partial charge is 0.0119 e. The highest BCUT2D eigenvalue weighted by Gasteiger charge is 2.19. The molecule has 0 saturated heterocycles. The van der Waals surface area contributed by atoms with Gasteiger partial charge in [0.15, 0.2) is 0 Å². The van der Waals surface area contributed by atoms with Crippen molar-refractivity contribution in [1.29, 1.82) is 0 Å². The van der Waals surface area contributed by atoms with Crippen molar-refractivity contribution < 1.29 is 0 Å². The van der Waals surface area contributed by atoms with Crippen molar-refractivity contribution in [2.45, 2.75) is 20.8 Å². The molecule has 0 fully saturated rings. The minimum atomic E-state index is -0.504. The van der Waals surface area contributed by atoms with Gasteiger partial charge in [-0.2, -0.15) is 0 Å². The monoisotopic (exact) mass is 304 g/mol. The second-order valence-corrected chi connectivity index (χ2v) is 7.83. The van der Waals surface area contributed by atoms with E-state index in [0.717, 1.165) is 0 Å². The minimum Gasteiger partial charge on any atom is -0.0622 e. The van der Waals surface area contributed by atoms with Gasteiger partial charge in [0.1, 0.15) is 0 Å². The molecule has 0 nitrogen and oxygen atoms in total. The summed E-state index contributed by atoms with van der Waals surface area (Å²) in [5.41, 5.74) is 4.16. The Hall–Kier alpha value is -1.91. The molecule has 0 aliphatic heterocycles. The van der Waals surface area contributed by atoms with Gasteiger partial charge >= 0.3 is 0 Å². The molecule has 0 amide bonds. The Morgan fingerprint density at radius 2 is 1.14 bits per heavy atom. The average molecular weight is 304 g/mol. The predicted octanol–water partition coefficient (Wildman–Crippen LogP) is 4.37. The average Bonchev–Trinajstić information content (AvgIpc) is 2.54. The highest BCUT2D eigenvalue weighted by Crippen LogP contribution is 2.35. The number of rotatable bonds is 3. The fourth-order valence-electron chi connectivity index (χ4n) is 2.78. The zero-order chi connectivity index (χ0) is 15.5. The molecule has 0 radical (unpaired) electrons. The Bertz CT molecular complexity index is 775. The molecule has 0 aliphatic rings. The van der Waals surface area contributed by atoms with E-state index in [4.69, 9.17) is 0 Å². The Morgan fingerprint density at radius 3 is 1.86 bits per heavy atom. The second kappa shape index (κ2) is 6.46. The van der Waals surface area contributed by atoms with Crippen molar-refractivity contribution in [1.82, 2.24) is 0 Å². The molecule has 0 spiro atoms. The van der Waals surface area contributed by atoms with Gasteiger partial charge in [0.05, 0.1) is 0 Å². The van der Waals surface area contributed by atoms with Crippen LogP contribution in [0.4, 0.5) is 0 Å². The first kappa shape index (κ1) is 15.0. The van der Waals surface area contributed by atoms with Crippen LogP contribution in [0.2, 0.25) is 0 Å². The third-order valence-electron chi connectivity index (χ3n) is 4.19. The molecular weight excluding hydrogens is 283 g/mol. The predicted molar refractivity (Wildman–Crippen MR) is 99.4 cm³/mol. The van der Waals surface area contributed by atoms with Crippen molar-refractivity contribution >= 4 is 23.8 Å². The molecule has 1 unspecified atom stereocenters. The molecule has 0 N–H and O–H groups in total. The number of benzene rings is 3. The summed E-state index contributed by atoms with van der Waals surface area (Å²) in [5.74, 6) is 0. The van der Waals surface area contributed by atoms with Crippen LogP contribution in [0.1, 0.15) is 16.7 Å². The standard InChI is InChI=1S/C21H21P/c1-16-11-9-15-21(18(16)3)22(19-12-5-4-6-13-19)20-14-8-7-10-17(20)2/h4-15H,1-3H3. The summed E-state index contributed by atoms with van der Waals surface area (Å²) in [6.07, 6.45) is 0. The van der Waals surface area contributed by atoms with Crippen LogP contribution in [0.25, 0.3) is 0 Å². The number of hydrogen-bond acceptors (Lipinski definition) is 0. The first-order valence-corrected chi connectivity index (χ1v) is 8.99. The van der Waals surface area contributed by atoms with Gasteiger partial charge in [-0.05, 0) is 61.3 Å². The largest absolute Gasteiger partial charge is 0.0622 e. The molecule has 0 saturated carbocycles. The topological polar surface area (TPSA) is 0 Å². The SMILES string of the molecule is Cc1ccccc1P(c1ccccc1)c1cccc(C)c1C. The third-order valence-corrected chi connectivity index (χ3v) is 6.95. The zero-order valence-electron chi connectivity index (χ0n) is 13.4. The van der Waals surface area contributed by atoms with Crippen LogP contribution in [0, 0.1) is 20.8 Å². The summed E-state index contributed by atoms with van der Waals surface area (Å²) in [7, 11) is -0.504. The Labute approximate surface area is 134 Å². The van der Waals surface area contributed by atoms with Crippen LogP contribution in [-0.2, 0) is 0 Å². The van der Waals surface area contributed by atoms with Gasteiger partial charge in [-0.1, -0.05) is 72.8 Å². The molecule has 3 aromatic rings. The van der Waals surface area contributed by atoms with Gasteiger partial charge in [0.25, 0.3) is 0 Å². The van der Waals surface area contributed by atoms with Gasteiger partial charge in [0, 0.05) is 0 Å². The molecule has 0 aromatic heterocycles. The molecular formula is C21H21P. The fourth-order valence-corrected chi connectivity index (χ4v) is 5.47. The van der Waals surface area contributed by atoms with E-state index >= 15 is 0 Å². The Morgan fingerprint density at radius 1 is 0.545 bits per heavy atom. The quantitative estimate of drug-likeness (QED) is 0.630. The van der Waals surface area contributed by atoms with Crippen molar-refractivity contribution in [3.63, 3.8) is 0 Å². The Kier molecular flexibility index (Phi) is 4.41. The lowest BCUT2D eigenvalue weighted by atomic mass is 10.1. The molecule has 1 heteroatoms. The molecule has 110 valence electrons. The summed E-state index contributed by atoms with van der Waals surface area (Å²) in [5, 5.41) is 4.34. The summed E-state index contributed by atoms with van der Waals surface area (Å²) in [6, 6.07) is 26.4. The zero-order valence-corrected chi connectivity index (χ0v) is 14.3. The first-order chi connectivity index (χ1) is 10.7. The first-order valence-electron chi connectivity index (χ1n) is 7.65. The van der Waals surface area contributed by atoms with Crippen molar-refractivity contribution in [3.8, 4) is 0 Å². The molecule has 3 rings (SSSR count). The molecule has 3 aromatic carbocycles. The molecule has 22 heavy (non-hydrogen) atoms. The number of aryl methyl sites for hydroxylation is 2. The van der Waals surface area contributed by atoms with Crippen molar-refractivity contribution in [2.75, 3.05) is 0 Å². The van der Waals surface area contributed by atoms with E-state index in [1.807, 2.05) is 0 Å². The van der Waals surface area contributed by atoms with Gasteiger partial charge in [-0.3, -0.25) is 0 Å². The summed E-state index contributed by atoms with van der Waals surface area (Å²) in [6.45, 7) is 6.68. The summed E-state index contributed by atoms with van der Waals surface area (Å²) >= 11 is 0. The fraction of sp³-hybridized carbons (Fsp3) is 0.143. The van der Waals surface area contributed by atoms with Crippen LogP contribution in [0.15, 0.2) is 72.8 Å². The molecule has 0 bridgehead atoms. The van der Waals surface area contributed by atoms with Gasteiger partial charge in [0.2, 0.25) is 0 Å². The van der Waals surface area contributed by atoms with Crippen molar-refractivity contribution in [3.05, 3.63) is 89.5 Å². The minimum absolute atomic E-state index is 0.504. The van der Waals surface area contributed by atoms with Crippen LogP contribution >= 0.6 is 7.92 Å². The van der Waals surface area contributed by atoms with Gasteiger partial charge in [-0.25, -0.2) is 0 Å². The normalized spacial score (nSPS) is 12.1. The van der Waals surface area contributed by atoms with E-state index < -0.39 is 7.92 Å². The van der Waals surface area contributed by atoms with E-state index in [9.17, 15) is 0 Å². The third kappa shape index (κ3) is 2.85. The van der Waals surface area contributed by atoms with E-state index in [1.54, 1.807) is 0 Å². The van der Waals surface area contributed by atoms with E-state index in [0.29, 0.717) is 0 Å². The highest BCUT2D eigenvalue weighted by atomic mass is 31.1. The van der Waals surface area contributed by atoms with Gasteiger partial charge < -0.3 is 0 Å². The van der Waals surface area contributed by atoms with E-state index in [1.165, 1.54) is 32.6 Å². The second-order valence-electron chi connectivity index (χ2n) is 5.68.